The van der Waals surface area contributed by atoms with Crippen molar-refractivity contribution < 1.29 is 28.2 Å². The Labute approximate surface area is 231 Å². The number of halogens is 1. The number of carbonyl (C=O) groups excluding carboxylic acids is 3. The number of nitrogens with one attached hydrogen (secondary N) is 1. The molecule has 1 aromatic heterocycles. The minimum Gasteiger partial charge on any atom is -0.494 e. The number of hydrogen-bond acceptors (Lipinski definition) is 6. The smallest absolute Gasteiger partial charge is 0.272 e. The van der Waals surface area contributed by atoms with E-state index < -0.39 is 5.82 Å². The zero-order valence-electron chi connectivity index (χ0n) is 22.3. The first-order valence-electron chi connectivity index (χ1n) is 13.3. The summed E-state index contributed by atoms with van der Waals surface area (Å²) >= 11 is 0. The molecule has 3 amide bonds. The highest BCUT2D eigenvalue weighted by atomic mass is 19.1. The topological polar surface area (TPSA) is 106 Å². The fourth-order valence-corrected chi connectivity index (χ4v) is 5.11. The van der Waals surface area contributed by atoms with E-state index in [1.807, 2.05) is 24.3 Å². The molecule has 40 heavy (non-hydrogen) atoms. The Kier molecular flexibility index (Phi) is 8.28. The predicted octanol–water partition coefficient (Wildman–Crippen LogP) is 2.36. The van der Waals surface area contributed by atoms with Crippen LogP contribution < -0.4 is 14.8 Å². The van der Waals surface area contributed by atoms with Gasteiger partial charge in [0.2, 0.25) is 5.91 Å². The molecule has 3 aromatic rings. The first kappa shape index (κ1) is 27.2. The molecule has 0 unspecified atom stereocenters. The van der Waals surface area contributed by atoms with Gasteiger partial charge in [0.25, 0.3) is 11.8 Å². The van der Waals surface area contributed by atoms with Crippen molar-refractivity contribution in [3.05, 3.63) is 77.9 Å². The summed E-state index contributed by atoms with van der Waals surface area (Å²) in [5, 5.41) is 7.19. The Hall–Kier alpha value is -4.41. The third-order valence-corrected chi connectivity index (χ3v) is 7.23. The van der Waals surface area contributed by atoms with Crippen LogP contribution in [0.1, 0.15) is 34.8 Å². The molecule has 2 aromatic carbocycles. The van der Waals surface area contributed by atoms with Crippen LogP contribution in [0.15, 0.2) is 60.8 Å². The number of amides is 3. The molecule has 10 nitrogen and oxygen atoms in total. The molecule has 0 radical (unpaired) electrons. The molecule has 5 rings (SSSR count). The van der Waals surface area contributed by atoms with E-state index in [0.29, 0.717) is 50.5 Å². The number of nitrogens with zero attached hydrogens (tertiary/aromatic N) is 4. The summed E-state index contributed by atoms with van der Waals surface area (Å²) in [7, 11) is 1.72. The van der Waals surface area contributed by atoms with Gasteiger partial charge in [0.15, 0.2) is 6.61 Å². The van der Waals surface area contributed by atoms with E-state index >= 15 is 0 Å². The SMILES string of the molecule is Cn1nccc1C(=O)N1C[C@@H]2NC(=O)CN(C(=O)COc3ccc(F)cc3)CCCCOc3cccc(c3)[C@H]2C1. The lowest BCUT2D eigenvalue weighted by molar-refractivity contribution is -0.138. The molecule has 3 heterocycles. The number of aromatic nitrogens is 2. The highest BCUT2D eigenvalue weighted by Crippen LogP contribution is 2.31. The van der Waals surface area contributed by atoms with Gasteiger partial charge in [0, 0.05) is 38.8 Å². The van der Waals surface area contributed by atoms with Gasteiger partial charge in [-0.25, -0.2) is 4.39 Å². The molecule has 1 N–H and O–H groups in total. The average Bonchev–Trinajstić information content (AvgIpc) is 3.57. The van der Waals surface area contributed by atoms with Crippen molar-refractivity contribution in [3.8, 4) is 11.5 Å². The second kappa shape index (κ2) is 12.2. The Morgan fingerprint density at radius 1 is 1.10 bits per heavy atom. The fourth-order valence-electron chi connectivity index (χ4n) is 5.11. The van der Waals surface area contributed by atoms with Gasteiger partial charge in [0.05, 0.1) is 19.2 Å². The quantitative estimate of drug-likeness (QED) is 0.536. The van der Waals surface area contributed by atoms with Crippen LogP contribution in [0.4, 0.5) is 4.39 Å². The minimum absolute atomic E-state index is 0.147. The Morgan fingerprint density at radius 2 is 1.93 bits per heavy atom. The van der Waals surface area contributed by atoms with Crippen LogP contribution in [0.5, 0.6) is 11.5 Å². The van der Waals surface area contributed by atoms with Gasteiger partial charge in [-0.3, -0.25) is 19.1 Å². The lowest BCUT2D eigenvalue weighted by Crippen LogP contribution is -2.48. The van der Waals surface area contributed by atoms with E-state index in [-0.39, 0.29) is 42.8 Å². The van der Waals surface area contributed by atoms with Crippen molar-refractivity contribution in [2.45, 2.75) is 24.8 Å². The molecule has 210 valence electrons. The van der Waals surface area contributed by atoms with Crippen LogP contribution in [-0.2, 0) is 16.6 Å². The van der Waals surface area contributed by atoms with E-state index in [0.717, 1.165) is 11.3 Å². The van der Waals surface area contributed by atoms with Crippen LogP contribution in [0, 0.1) is 5.82 Å². The summed E-state index contributed by atoms with van der Waals surface area (Å²) in [5.41, 5.74) is 1.42. The monoisotopic (exact) mass is 549 g/mol. The third kappa shape index (κ3) is 6.41. The number of ether oxygens (including phenoxy) is 2. The Morgan fingerprint density at radius 3 is 2.70 bits per heavy atom. The van der Waals surface area contributed by atoms with Gasteiger partial charge in [-0.2, -0.15) is 5.10 Å². The molecule has 0 aliphatic carbocycles. The molecular formula is C29H32FN5O5. The Balaban J connectivity index is 1.32. The zero-order valence-corrected chi connectivity index (χ0v) is 22.3. The van der Waals surface area contributed by atoms with Gasteiger partial charge in [0.1, 0.15) is 23.0 Å². The van der Waals surface area contributed by atoms with Gasteiger partial charge >= 0.3 is 0 Å². The van der Waals surface area contributed by atoms with Crippen molar-refractivity contribution in [3.63, 3.8) is 0 Å². The molecular weight excluding hydrogens is 517 g/mol. The number of benzene rings is 2. The maximum Gasteiger partial charge on any atom is 0.272 e. The maximum absolute atomic E-state index is 13.3. The highest BCUT2D eigenvalue weighted by molar-refractivity contribution is 5.93. The van der Waals surface area contributed by atoms with E-state index in [2.05, 4.69) is 10.4 Å². The fraction of sp³-hybridized carbons (Fsp3) is 0.379. The first-order valence-corrected chi connectivity index (χ1v) is 13.3. The van der Waals surface area contributed by atoms with Crippen molar-refractivity contribution in [2.75, 3.05) is 39.4 Å². The number of aryl methyl sites for hydroxylation is 1. The molecule has 1 saturated heterocycles. The van der Waals surface area contributed by atoms with E-state index in [1.165, 1.54) is 33.8 Å². The molecule has 2 aliphatic rings. The number of fused-ring (bicyclic) bond motifs is 4. The summed E-state index contributed by atoms with van der Waals surface area (Å²) in [6.45, 7) is 1.11. The summed E-state index contributed by atoms with van der Waals surface area (Å²) in [6.07, 6.45) is 2.90. The number of hydrogen-bond donors (Lipinski definition) is 1. The van der Waals surface area contributed by atoms with Crippen LogP contribution >= 0.6 is 0 Å². The summed E-state index contributed by atoms with van der Waals surface area (Å²) < 4.78 is 26.2. The molecule has 11 heteroatoms. The van der Waals surface area contributed by atoms with Crippen LogP contribution in [-0.4, -0.2) is 82.7 Å². The first-order chi connectivity index (χ1) is 19.4. The normalized spacial score (nSPS) is 19.7. The third-order valence-electron chi connectivity index (χ3n) is 7.23. The van der Waals surface area contributed by atoms with Crippen molar-refractivity contribution >= 4 is 17.7 Å². The average molecular weight is 550 g/mol. The van der Waals surface area contributed by atoms with Crippen molar-refractivity contribution in [1.82, 2.24) is 24.9 Å². The van der Waals surface area contributed by atoms with Gasteiger partial charge < -0.3 is 24.6 Å². The van der Waals surface area contributed by atoms with E-state index in [4.69, 9.17) is 9.47 Å². The van der Waals surface area contributed by atoms with E-state index in [1.54, 1.807) is 24.2 Å². The highest BCUT2D eigenvalue weighted by Gasteiger charge is 2.38. The second-order valence-electron chi connectivity index (χ2n) is 10.0. The van der Waals surface area contributed by atoms with Gasteiger partial charge in [-0.1, -0.05) is 12.1 Å². The molecule has 0 saturated carbocycles. The number of carbonyl (C=O) groups is 3. The molecule has 2 bridgehead atoms. The van der Waals surface area contributed by atoms with Crippen molar-refractivity contribution in [2.24, 2.45) is 7.05 Å². The number of rotatable bonds is 4. The molecule has 1 fully saturated rings. The van der Waals surface area contributed by atoms with Crippen LogP contribution in [0.25, 0.3) is 0 Å². The minimum atomic E-state index is -0.399. The second-order valence-corrected chi connectivity index (χ2v) is 10.0. The Bertz CT molecular complexity index is 1360. The van der Waals surface area contributed by atoms with Crippen molar-refractivity contribution in [1.29, 1.82) is 0 Å². The lowest BCUT2D eigenvalue weighted by Gasteiger charge is -2.26. The summed E-state index contributed by atoms with van der Waals surface area (Å²) in [4.78, 5) is 42.8. The zero-order chi connectivity index (χ0) is 28.1. The predicted molar refractivity (Wildman–Crippen MR) is 143 cm³/mol. The number of likely N-dealkylation sites (tertiary alicyclic amines) is 1. The van der Waals surface area contributed by atoms with Crippen LogP contribution in [0.2, 0.25) is 0 Å². The summed E-state index contributed by atoms with van der Waals surface area (Å²) in [5.74, 6) is -0.317. The molecule has 2 aliphatic heterocycles. The molecule has 0 spiro atoms. The van der Waals surface area contributed by atoms with Gasteiger partial charge in [-0.05, 0) is 60.9 Å². The van der Waals surface area contributed by atoms with Crippen LogP contribution in [0.3, 0.4) is 0 Å². The van der Waals surface area contributed by atoms with Gasteiger partial charge in [-0.15, -0.1) is 0 Å². The standard InChI is InChI=1S/C29H32FN5O5/c1-33-26(11-12-31-33)29(38)35-16-24-20-5-4-6-23(15-20)39-14-3-2-13-34(18-27(36)32-25(24)17-35)28(37)19-40-22-9-7-21(30)8-10-22/h4-12,15,24-25H,2-3,13-14,16-19H2,1H3,(H,32,36)/t24-,25+/m1/s1. The maximum atomic E-state index is 13.3. The summed E-state index contributed by atoms with van der Waals surface area (Å²) in [6, 6.07) is 14.5. The molecule has 2 atom stereocenters. The lowest BCUT2D eigenvalue weighted by atomic mass is 9.94. The largest absolute Gasteiger partial charge is 0.494 e. The van der Waals surface area contributed by atoms with E-state index in [9.17, 15) is 18.8 Å².